The largest absolute Gasteiger partial charge is 0.497 e. The number of carbonyl (C=O) groups is 1. The van der Waals surface area contributed by atoms with Gasteiger partial charge in [0.25, 0.3) is 0 Å². The summed E-state index contributed by atoms with van der Waals surface area (Å²) in [6, 6.07) is 22.1. The van der Waals surface area contributed by atoms with Gasteiger partial charge in [0.05, 0.1) is 25.3 Å². The normalized spacial score (nSPS) is 16.3. The van der Waals surface area contributed by atoms with E-state index in [2.05, 4.69) is 35.7 Å². The molecule has 38 heavy (non-hydrogen) atoms. The maximum atomic E-state index is 12.3. The van der Waals surface area contributed by atoms with Gasteiger partial charge in [-0.05, 0) is 77.4 Å². The Hall–Kier alpha value is -3.54. The van der Waals surface area contributed by atoms with Gasteiger partial charge in [-0.15, -0.1) is 0 Å². The van der Waals surface area contributed by atoms with E-state index in [4.69, 9.17) is 25.8 Å². The maximum Gasteiger partial charge on any atom is 0.335 e. The number of morpholine rings is 1. The van der Waals surface area contributed by atoms with Crippen molar-refractivity contribution in [2.24, 2.45) is 5.92 Å². The number of carbonyl (C=O) groups excluding carboxylic acids is 1. The standard InChI is InChI=1S/C32H32ClNO4/c1-3-30(35)38-29-10-5-4-9-27(29)32(23-11-13-24(14-12-23)34-17-19-37-20-18-34)31(22-7-6-8-22)26-16-15-25(36-2)21-28(26)33/h3-5,9-16,21-22H,1,6-8,17-20H2,2H3/b32-31+. The van der Waals surface area contributed by atoms with Crippen LogP contribution in [0.2, 0.25) is 5.02 Å². The second-order valence-corrected chi connectivity index (χ2v) is 9.94. The quantitative estimate of drug-likeness (QED) is 0.136. The summed E-state index contributed by atoms with van der Waals surface area (Å²) in [5.74, 6) is 1.04. The molecule has 5 nitrogen and oxygen atoms in total. The summed E-state index contributed by atoms with van der Waals surface area (Å²) in [6.07, 6.45) is 4.49. The molecule has 0 bridgehead atoms. The molecule has 3 aromatic rings. The minimum atomic E-state index is -0.493. The van der Waals surface area contributed by atoms with Gasteiger partial charge in [0.1, 0.15) is 11.5 Å². The number of ether oxygens (including phenoxy) is 3. The molecule has 2 aliphatic rings. The second-order valence-electron chi connectivity index (χ2n) is 9.53. The summed E-state index contributed by atoms with van der Waals surface area (Å²) < 4.78 is 16.7. The first-order valence-corrected chi connectivity index (χ1v) is 13.4. The zero-order valence-electron chi connectivity index (χ0n) is 21.6. The van der Waals surface area contributed by atoms with E-state index in [0.29, 0.717) is 22.4 Å². The first-order chi connectivity index (χ1) is 18.6. The Balaban J connectivity index is 1.72. The first kappa shape index (κ1) is 26.1. The topological polar surface area (TPSA) is 48.0 Å². The monoisotopic (exact) mass is 529 g/mol. The van der Waals surface area contributed by atoms with Crippen LogP contribution in [0.1, 0.15) is 36.0 Å². The number of hydrogen-bond acceptors (Lipinski definition) is 5. The van der Waals surface area contributed by atoms with Crippen molar-refractivity contribution < 1.29 is 19.0 Å². The van der Waals surface area contributed by atoms with E-state index < -0.39 is 5.97 Å². The number of nitrogens with zero attached hydrogens (tertiary/aromatic N) is 1. The molecule has 5 rings (SSSR count). The van der Waals surface area contributed by atoms with Crippen LogP contribution in [0.25, 0.3) is 11.1 Å². The molecule has 6 heteroatoms. The van der Waals surface area contributed by atoms with Crippen molar-refractivity contribution in [1.29, 1.82) is 0 Å². The van der Waals surface area contributed by atoms with Gasteiger partial charge in [0.15, 0.2) is 0 Å². The molecule has 2 fully saturated rings. The lowest BCUT2D eigenvalue weighted by Crippen LogP contribution is -2.36. The first-order valence-electron chi connectivity index (χ1n) is 13.0. The highest BCUT2D eigenvalue weighted by molar-refractivity contribution is 6.33. The Morgan fingerprint density at radius 3 is 2.39 bits per heavy atom. The van der Waals surface area contributed by atoms with Crippen LogP contribution in [0.3, 0.4) is 0 Å². The molecule has 1 saturated heterocycles. The molecule has 0 N–H and O–H groups in total. The van der Waals surface area contributed by atoms with Crippen molar-refractivity contribution in [2.75, 3.05) is 38.3 Å². The Bertz CT molecular complexity index is 1340. The van der Waals surface area contributed by atoms with Crippen molar-refractivity contribution in [2.45, 2.75) is 19.3 Å². The average Bonchev–Trinajstić information content (AvgIpc) is 2.93. The van der Waals surface area contributed by atoms with Crippen LogP contribution in [-0.2, 0) is 9.53 Å². The van der Waals surface area contributed by atoms with E-state index in [9.17, 15) is 4.79 Å². The molecule has 0 atom stereocenters. The molecule has 0 unspecified atom stereocenters. The molecule has 0 spiro atoms. The highest BCUT2D eigenvalue weighted by Gasteiger charge is 2.30. The zero-order chi connectivity index (χ0) is 26.5. The summed E-state index contributed by atoms with van der Waals surface area (Å²) >= 11 is 6.89. The number of benzene rings is 3. The Labute approximate surface area is 229 Å². The van der Waals surface area contributed by atoms with Gasteiger partial charge in [0, 0.05) is 30.4 Å². The highest BCUT2D eigenvalue weighted by Crippen LogP contribution is 2.48. The molecule has 1 saturated carbocycles. The summed E-state index contributed by atoms with van der Waals surface area (Å²) in [7, 11) is 1.64. The predicted molar refractivity (Wildman–Crippen MR) is 153 cm³/mol. The molecule has 0 amide bonds. The van der Waals surface area contributed by atoms with Gasteiger partial charge in [-0.3, -0.25) is 0 Å². The zero-order valence-corrected chi connectivity index (χ0v) is 22.4. The van der Waals surface area contributed by atoms with Crippen molar-refractivity contribution >= 4 is 34.4 Å². The fraction of sp³-hybridized carbons (Fsp3) is 0.281. The fourth-order valence-corrected chi connectivity index (χ4v) is 5.40. The number of esters is 1. The van der Waals surface area contributed by atoms with Gasteiger partial charge >= 0.3 is 5.97 Å². The van der Waals surface area contributed by atoms with E-state index >= 15 is 0 Å². The van der Waals surface area contributed by atoms with Crippen LogP contribution in [0.5, 0.6) is 11.5 Å². The molecule has 1 aliphatic carbocycles. The molecule has 0 radical (unpaired) electrons. The third-order valence-corrected chi connectivity index (χ3v) is 7.63. The smallest absolute Gasteiger partial charge is 0.335 e. The fourth-order valence-electron chi connectivity index (χ4n) is 5.13. The molecule has 3 aromatic carbocycles. The lowest BCUT2D eigenvalue weighted by Gasteiger charge is -2.33. The number of anilines is 1. The van der Waals surface area contributed by atoms with E-state index in [-0.39, 0.29) is 0 Å². The summed E-state index contributed by atoms with van der Waals surface area (Å²) in [5.41, 5.74) is 6.19. The van der Waals surface area contributed by atoms with Gasteiger partial charge < -0.3 is 19.1 Å². The summed E-state index contributed by atoms with van der Waals surface area (Å²) in [6.45, 7) is 6.79. The minimum absolute atomic E-state index is 0.331. The predicted octanol–water partition coefficient (Wildman–Crippen LogP) is 7.04. The van der Waals surface area contributed by atoms with Gasteiger partial charge in [-0.25, -0.2) is 4.79 Å². The molecule has 0 aromatic heterocycles. The molecular formula is C32H32ClNO4. The van der Waals surface area contributed by atoms with Crippen LogP contribution in [0.4, 0.5) is 5.69 Å². The second kappa shape index (κ2) is 11.9. The maximum absolute atomic E-state index is 12.3. The molecule has 196 valence electrons. The Kier molecular flexibility index (Phi) is 8.16. The van der Waals surface area contributed by atoms with Crippen molar-refractivity contribution in [3.05, 3.63) is 101 Å². The van der Waals surface area contributed by atoms with Gasteiger partial charge in [-0.1, -0.05) is 54.9 Å². The van der Waals surface area contributed by atoms with Crippen molar-refractivity contribution in [3.8, 4) is 11.5 Å². The number of methoxy groups -OCH3 is 1. The lowest BCUT2D eigenvalue weighted by molar-refractivity contribution is -0.128. The number of rotatable bonds is 8. The molecular weight excluding hydrogens is 498 g/mol. The third kappa shape index (κ3) is 5.50. The number of hydrogen-bond donors (Lipinski definition) is 0. The van der Waals surface area contributed by atoms with Crippen molar-refractivity contribution in [3.63, 3.8) is 0 Å². The minimum Gasteiger partial charge on any atom is -0.497 e. The Morgan fingerprint density at radius 2 is 1.76 bits per heavy atom. The van der Waals surface area contributed by atoms with E-state index in [1.165, 1.54) is 6.08 Å². The van der Waals surface area contributed by atoms with Crippen LogP contribution in [0.15, 0.2) is 79.4 Å². The Morgan fingerprint density at radius 1 is 1.03 bits per heavy atom. The SMILES string of the molecule is C=CC(=O)Oc1ccccc1/C(=C(/c1ccc(OC)cc1Cl)C1CCC1)c1ccc(N2CCOCC2)cc1. The molecule has 1 heterocycles. The van der Waals surface area contributed by atoms with E-state index in [1.807, 2.05) is 42.5 Å². The van der Waals surface area contributed by atoms with Crippen LogP contribution >= 0.6 is 11.6 Å². The van der Waals surface area contributed by atoms with Gasteiger partial charge in [0.2, 0.25) is 0 Å². The van der Waals surface area contributed by atoms with E-state index in [0.717, 1.165) is 79.1 Å². The third-order valence-electron chi connectivity index (χ3n) is 7.32. The number of halogens is 1. The summed E-state index contributed by atoms with van der Waals surface area (Å²) in [4.78, 5) is 14.6. The number of para-hydroxylation sites is 1. The summed E-state index contributed by atoms with van der Waals surface area (Å²) in [5, 5.41) is 0.634. The van der Waals surface area contributed by atoms with Crippen LogP contribution in [0, 0.1) is 5.92 Å². The van der Waals surface area contributed by atoms with E-state index in [1.54, 1.807) is 7.11 Å². The average molecular weight is 530 g/mol. The molecule has 1 aliphatic heterocycles. The van der Waals surface area contributed by atoms with Crippen LogP contribution < -0.4 is 14.4 Å². The number of allylic oxidation sites excluding steroid dienone is 1. The van der Waals surface area contributed by atoms with Crippen molar-refractivity contribution in [1.82, 2.24) is 0 Å². The highest BCUT2D eigenvalue weighted by atomic mass is 35.5. The van der Waals surface area contributed by atoms with Crippen LogP contribution in [-0.4, -0.2) is 39.4 Å². The lowest BCUT2D eigenvalue weighted by atomic mass is 9.73. The van der Waals surface area contributed by atoms with Gasteiger partial charge in [-0.2, -0.15) is 0 Å².